The van der Waals surface area contributed by atoms with Gasteiger partial charge in [0.25, 0.3) is 5.91 Å². The van der Waals surface area contributed by atoms with Crippen LogP contribution in [0.1, 0.15) is 22.3 Å². The van der Waals surface area contributed by atoms with Crippen LogP contribution >= 0.6 is 11.8 Å². The van der Waals surface area contributed by atoms with Crippen LogP contribution in [-0.2, 0) is 11.3 Å². The summed E-state index contributed by atoms with van der Waals surface area (Å²) >= 11 is 1.61. The fraction of sp³-hybridized carbons (Fsp3) is 0.312. The lowest BCUT2D eigenvalue weighted by Crippen LogP contribution is -2.44. The van der Waals surface area contributed by atoms with Crippen LogP contribution in [0.3, 0.4) is 0 Å². The summed E-state index contributed by atoms with van der Waals surface area (Å²) in [4.78, 5) is 27.8. The van der Waals surface area contributed by atoms with Crippen LogP contribution in [0.4, 0.5) is 0 Å². The molecular formula is C16H20N4O2S. The monoisotopic (exact) mass is 332 g/mol. The molecule has 122 valence electrons. The minimum Gasteiger partial charge on any atom is -0.368 e. The molecule has 0 unspecified atom stereocenters. The highest BCUT2D eigenvalue weighted by Gasteiger charge is 2.18. The Balaban J connectivity index is 2.05. The number of imidazole rings is 1. The Hall–Kier alpha value is -2.28. The van der Waals surface area contributed by atoms with Crippen molar-refractivity contribution in [1.82, 2.24) is 14.9 Å². The zero-order chi connectivity index (χ0) is 16.7. The van der Waals surface area contributed by atoms with E-state index < -0.39 is 11.9 Å². The maximum absolute atomic E-state index is 12.3. The molecule has 2 rings (SSSR count). The summed E-state index contributed by atoms with van der Waals surface area (Å²) in [5.74, 6) is -0.0430. The van der Waals surface area contributed by atoms with Crippen LogP contribution in [0, 0.1) is 0 Å². The number of aromatic nitrogens is 2. The van der Waals surface area contributed by atoms with Crippen molar-refractivity contribution in [3.8, 4) is 0 Å². The number of carbonyl (C=O) groups is 2. The number of primary amides is 1. The second-order valence-corrected chi connectivity index (χ2v) is 6.13. The van der Waals surface area contributed by atoms with E-state index in [1.807, 2.05) is 35.2 Å². The van der Waals surface area contributed by atoms with Gasteiger partial charge in [-0.3, -0.25) is 9.59 Å². The molecule has 23 heavy (non-hydrogen) atoms. The van der Waals surface area contributed by atoms with E-state index in [0.717, 1.165) is 11.3 Å². The summed E-state index contributed by atoms with van der Waals surface area (Å²) < 4.78 is 1.92. The van der Waals surface area contributed by atoms with E-state index >= 15 is 0 Å². The van der Waals surface area contributed by atoms with Gasteiger partial charge in [-0.25, -0.2) is 4.98 Å². The lowest BCUT2D eigenvalue weighted by Gasteiger charge is -2.15. The molecule has 0 aliphatic carbocycles. The molecule has 1 atom stereocenters. The van der Waals surface area contributed by atoms with Gasteiger partial charge in [-0.05, 0) is 36.1 Å². The highest BCUT2D eigenvalue weighted by molar-refractivity contribution is 7.98. The summed E-state index contributed by atoms with van der Waals surface area (Å²) in [5, 5.41) is 2.71. The maximum Gasteiger partial charge on any atom is 0.251 e. The zero-order valence-corrected chi connectivity index (χ0v) is 13.8. The normalized spacial score (nSPS) is 11.9. The largest absolute Gasteiger partial charge is 0.368 e. The van der Waals surface area contributed by atoms with E-state index in [9.17, 15) is 9.59 Å². The highest BCUT2D eigenvalue weighted by Crippen LogP contribution is 2.09. The van der Waals surface area contributed by atoms with E-state index in [1.54, 1.807) is 30.4 Å². The van der Waals surface area contributed by atoms with Crippen molar-refractivity contribution in [2.24, 2.45) is 5.73 Å². The molecule has 1 aromatic carbocycles. The van der Waals surface area contributed by atoms with Crippen molar-refractivity contribution in [3.63, 3.8) is 0 Å². The smallest absolute Gasteiger partial charge is 0.251 e. The number of nitrogens with zero attached hydrogens (tertiary/aromatic N) is 2. The van der Waals surface area contributed by atoms with E-state index in [-0.39, 0.29) is 5.91 Å². The summed E-state index contributed by atoms with van der Waals surface area (Å²) in [5.41, 5.74) is 6.84. The van der Waals surface area contributed by atoms with Crippen LogP contribution in [0.15, 0.2) is 43.0 Å². The van der Waals surface area contributed by atoms with Gasteiger partial charge in [0.05, 0.1) is 6.33 Å². The number of thioether (sulfide) groups is 1. The molecule has 0 aliphatic heterocycles. The molecule has 0 saturated carbocycles. The number of hydrogen-bond acceptors (Lipinski definition) is 4. The lowest BCUT2D eigenvalue weighted by atomic mass is 10.1. The molecule has 3 N–H and O–H groups in total. The van der Waals surface area contributed by atoms with Crippen molar-refractivity contribution in [2.75, 3.05) is 12.0 Å². The minimum atomic E-state index is -0.646. The maximum atomic E-state index is 12.3. The Kier molecular flexibility index (Phi) is 6.22. The quantitative estimate of drug-likeness (QED) is 0.762. The predicted octanol–water partition coefficient (Wildman–Crippen LogP) is 1.27. The molecule has 2 aromatic rings. The zero-order valence-electron chi connectivity index (χ0n) is 12.9. The van der Waals surface area contributed by atoms with E-state index in [2.05, 4.69) is 10.3 Å². The van der Waals surface area contributed by atoms with Gasteiger partial charge in [0.2, 0.25) is 5.91 Å². The molecule has 0 fully saturated rings. The molecule has 6 nitrogen and oxygen atoms in total. The fourth-order valence-corrected chi connectivity index (χ4v) is 2.64. The molecule has 0 saturated heterocycles. The molecule has 0 bridgehead atoms. The summed E-state index contributed by atoms with van der Waals surface area (Å²) in [6.07, 6.45) is 7.76. The summed E-state index contributed by atoms with van der Waals surface area (Å²) in [6.45, 7) is 0.632. The van der Waals surface area contributed by atoms with Crippen LogP contribution in [0.5, 0.6) is 0 Å². The fourth-order valence-electron chi connectivity index (χ4n) is 2.16. The Bertz CT molecular complexity index is 658. The first kappa shape index (κ1) is 17.1. The number of hydrogen-bond donors (Lipinski definition) is 2. The second kappa shape index (κ2) is 8.38. The third-order valence-electron chi connectivity index (χ3n) is 3.37. The van der Waals surface area contributed by atoms with Crippen molar-refractivity contribution in [3.05, 3.63) is 54.1 Å². The standard InChI is InChI=1S/C16H20N4O2S/c1-23-8-5-14(15(17)21)19-16(22)13-4-2-3-12(9-13)10-20-7-6-18-11-20/h2-4,6-7,9,11,14H,5,8,10H2,1H3,(H2,17,21)(H,19,22)/t14-/m0/s1. The molecule has 1 aromatic heterocycles. The third-order valence-corrected chi connectivity index (χ3v) is 4.02. The van der Waals surface area contributed by atoms with Crippen molar-refractivity contribution < 1.29 is 9.59 Å². The Morgan fingerprint density at radius 3 is 2.91 bits per heavy atom. The molecular weight excluding hydrogens is 312 g/mol. The van der Waals surface area contributed by atoms with Crippen LogP contribution < -0.4 is 11.1 Å². The van der Waals surface area contributed by atoms with Gasteiger partial charge in [-0.2, -0.15) is 11.8 Å². The topological polar surface area (TPSA) is 90.0 Å². The van der Waals surface area contributed by atoms with E-state index in [4.69, 9.17) is 5.73 Å². The average molecular weight is 332 g/mol. The Morgan fingerprint density at radius 2 is 2.26 bits per heavy atom. The van der Waals surface area contributed by atoms with Gasteiger partial charge in [-0.15, -0.1) is 0 Å². The molecule has 0 aliphatic rings. The SMILES string of the molecule is CSCC[C@H](NC(=O)c1cccc(Cn2ccnc2)c1)C(N)=O. The average Bonchev–Trinajstić information content (AvgIpc) is 3.04. The number of carbonyl (C=O) groups excluding carboxylic acids is 2. The van der Waals surface area contributed by atoms with Crippen molar-refractivity contribution in [1.29, 1.82) is 0 Å². The highest BCUT2D eigenvalue weighted by atomic mass is 32.2. The Labute approximate surface area is 139 Å². The van der Waals surface area contributed by atoms with Crippen LogP contribution in [0.25, 0.3) is 0 Å². The van der Waals surface area contributed by atoms with E-state index in [0.29, 0.717) is 18.5 Å². The first-order valence-electron chi connectivity index (χ1n) is 7.24. The van der Waals surface area contributed by atoms with Crippen LogP contribution in [0.2, 0.25) is 0 Å². The summed E-state index contributed by atoms with van der Waals surface area (Å²) in [7, 11) is 0. The van der Waals surface area contributed by atoms with Gasteiger partial charge in [0.15, 0.2) is 0 Å². The van der Waals surface area contributed by atoms with Gasteiger partial charge in [-0.1, -0.05) is 12.1 Å². The third kappa shape index (κ3) is 5.14. The molecule has 2 amide bonds. The molecule has 0 radical (unpaired) electrons. The first-order valence-corrected chi connectivity index (χ1v) is 8.63. The number of nitrogens with two attached hydrogens (primary N) is 1. The Morgan fingerprint density at radius 1 is 1.43 bits per heavy atom. The number of nitrogens with one attached hydrogen (secondary N) is 1. The van der Waals surface area contributed by atoms with Gasteiger partial charge >= 0.3 is 0 Å². The molecule has 7 heteroatoms. The van der Waals surface area contributed by atoms with Gasteiger partial charge in [0.1, 0.15) is 6.04 Å². The van der Waals surface area contributed by atoms with Crippen molar-refractivity contribution >= 4 is 23.6 Å². The van der Waals surface area contributed by atoms with Gasteiger partial charge < -0.3 is 15.6 Å². The lowest BCUT2D eigenvalue weighted by molar-refractivity contribution is -0.119. The predicted molar refractivity (Wildman–Crippen MR) is 91.2 cm³/mol. The summed E-state index contributed by atoms with van der Waals surface area (Å²) in [6, 6.07) is 6.65. The number of rotatable bonds is 8. The van der Waals surface area contributed by atoms with E-state index in [1.165, 1.54) is 0 Å². The van der Waals surface area contributed by atoms with Crippen LogP contribution in [-0.4, -0.2) is 39.4 Å². The van der Waals surface area contributed by atoms with Gasteiger partial charge in [0, 0.05) is 24.5 Å². The van der Waals surface area contributed by atoms with Crippen molar-refractivity contribution in [2.45, 2.75) is 19.0 Å². The first-order chi connectivity index (χ1) is 11.1. The number of benzene rings is 1. The molecule has 0 spiro atoms. The number of amides is 2. The minimum absolute atomic E-state index is 0.289. The second-order valence-electron chi connectivity index (χ2n) is 5.15. The molecule has 1 heterocycles.